The van der Waals surface area contributed by atoms with E-state index >= 15 is 0 Å². The number of hydrogen-bond donors (Lipinski definition) is 0. The van der Waals surface area contributed by atoms with Crippen LogP contribution in [0.1, 0.15) is 114 Å². The maximum absolute atomic E-state index is 14.0. The van der Waals surface area contributed by atoms with E-state index in [4.69, 9.17) is 0 Å². The quantitative estimate of drug-likeness (QED) is 0.298. The molecule has 0 spiro atoms. The van der Waals surface area contributed by atoms with Crippen molar-refractivity contribution < 1.29 is 17.6 Å². The normalized spacial score (nSPS) is 33.7. The average molecular weight is 453 g/mol. The van der Waals surface area contributed by atoms with Gasteiger partial charge in [-0.15, -0.1) is 0 Å². The van der Waals surface area contributed by atoms with Gasteiger partial charge in [0.1, 0.15) is 5.82 Å². The summed E-state index contributed by atoms with van der Waals surface area (Å²) >= 11 is 0. The van der Waals surface area contributed by atoms with Crippen molar-refractivity contribution >= 4 is 0 Å². The van der Waals surface area contributed by atoms with Gasteiger partial charge < -0.3 is 0 Å². The highest BCUT2D eigenvalue weighted by Crippen LogP contribution is 2.50. The number of alkyl halides is 3. The number of benzene rings is 1. The van der Waals surface area contributed by atoms with Gasteiger partial charge in [-0.3, -0.25) is 0 Å². The molecule has 3 saturated carbocycles. The lowest BCUT2D eigenvalue weighted by Crippen LogP contribution is -2.34. The molecule has 0 aromatic heterocycles. The molecule has 0 radical (unpaired) electrons. The van der Waals surface area contributed by atoms with Crippen molar-refractivity contribution in [3.8, 4) is 0 Å². The van der Waals surface area contributed by atoms with E-state index in [1.54, 1.807) is 0 Å². The average Bonchev–Trinajstić information content (AvgIpc) is 2.78. The Kier molecular flexibility index (Phi) is 7.88. The van der Waals surface area contributed by atoms with Gasteiger partial charge in [-0.2, -0.15) is 13.2 Å². The second kappa shape index (κ2) is 10.5. The van der Waals surface area contributed by atoms with E-state index < -0.39 is 17.6 Å². The highest BCUT2D eigenvalue weighted by molar-refractivity contribution is 5.29. The van der Waals surface area contributed by atoms with Crippen molar-refractivity contribution in [2.24, 2.45) is 29.6 Å². The maximum Gasteiger partial charge on any atom is 0.419 e. The Morgan fingerprint density at radius 2 is 1.41 bits per heavy atom. The van der Waals surface area contributed by atoms with Crippen LogP contribution in [0, 0.1) is 35.4 Å². The summed E-state index contributed by atoms with van der Waals surface area (Å²) in [5, 5.41) is 0. The van der Waals surface area contributed by atoms with Crippen molar-refractivity contribution in [1.29, 1.82) is 0 Å². The fourth-order valence-corrected chi connectivity index (χ4v) is 7.34. The largest absolute Gasteiger partial charge is 0.419 e. The van der Waals surface area contributed by atoms with E-state index in [0.29, 0.717) is 0 Å². The zero-order valence-electron chi connectivity index (χ0n) is 19.6. The van der Waals surface area contributed by atoms with E-state index in [2.05, 4.69) is 6.92 Å². The van der Waals surface area contributed by atoms with Gasteiger partial charge in [0.25, 0.3) is 0 Å². The van der Waals surface area contributed by atoms with Crippen LogP contribution >= 0.6 is 0 Å². The molecule has 0 bridgehead atoms. The van der Waals surface area contributed by atoms with Crippen LogP contribution in [0.2, 0.25) is 0 Å². The van der Waals surface area contributed by atoms with Crippen LogP contribution in [-0.4, -0.2) is 0 Å². The van der Waals surface area contributed by atoms with E-state index in [-0.39, 0.29) is 5.92 Å². The predicted molar refractivity (Wildman–Crippen MR) is 122 cm³/mol. The van der Waals surface area contributed by atoms with Crippen molar-refractivity contribution in [1.82, 2.24) is 0 Å². The number of rotatable bonds is 6. The van der Waals surface area contributed by atoms with Gasteiger partial charge in [0, 0.05) is 0 Å². The minimum atomic E-state index is -4.62. The molecule has 3 aliphatic carbocycles. The standard InChI is InChI=1S/C28H40F4/c1-2-3-4-5-19-6-7-24-17-23(13-12-22(24)16-19)20-8-10-21(11-9-20)25-14-15-26(27(29)18-25)28(30,31)32/h14-15,18-24H,2-13,16-17H2,1H3. The van der Waals surface area contributed by atoms with E-state index in [1.807, 2.05) is 0 Å². The van der Waals surface area contributed by atoms with E-state index in [9.17, 15) is 17.6 Å². The zero-order valence-corrected chi connectivity index (χ0v) is 19.6. The first-order valence-corrected chi connectivity index (χ1v) is 13.2. The monoisotopic (exact) mass is 452 g/mol. The molecule has 3 aliphatic rings. The molecule has 0 aliphatic heterocycles. The summed E-state index contributed by atoms with van der Waals surface area (Å²) in [6, 6.07) is 3.57. The molecule has 4 rings (SSSR count). The summed E-state index contributed by atoms with van der Waals surface area (Å²) in [7, 11) is 0. The summed E-state index contributed by atoms with van der Waals surface area (Å²) < 4.78 is 52.6. The Labute approximate surface area is 191 Å². The van der Waals surface area contributed by atoms with Crippen LogP contribution in [0.3, 0.4) is 0 Å². The molecular formula is C28H40F4. The van der Waals surface area contributed by atoms with Crippen LogP contribution in [0.15, 0.2) is 18.2 Å². The lowest BCUT2D eigenvalue weighted by molar-refractivity contribution is -0.140. The van der Waals surface area contributed by atoms with Crippen LogP contribution in [0.25, 0.3) is 0 Å². The number of fused-ring (bicyclic) bond motifs is 1. The molecule has 180 valence electrons. The molecule has 4 heteroatoms. The predicted octanol–water partition coefficient (Wildman–Crippen LogP) is 9.53. The molecule has 4 unspecified atom stereocenters. The summed E-state index contributed by atoms with van der Waals surface area (Å²) in [5.74, 6) is 3.53. The first kappa shape index (κ1) is 24.1. The first-order valence-electron chi connectivity index (χ1n) is 13.2. The third kappa shape index (κ3) is 5.70. The van der Waals surface area contributed by atoms with Gasteiger partial charge in [0.15, 0.2) is 0 Å². The highest BCUT2D eigenvalue weighted by Gasteiger charge is 2.39. The highest BCUT2D eigenvalue weighted by atomic mass is 19.4. The van der Waals surface area contributed by atoms with E-state index in [0.717, 1.165) is 73.0 Å². The van der Waals surface area contributed by atoms with Crippen molar-refractivity contribution in [2.75, 3.05) is 0 Å². The molecule has 32 heavy (non-hydrogen) atoms. The maximum atomic E-state index is 14.0. The van der Waals surface area contributed by atoms with Crippen LogP contribution in [0.5, 0.6) is 0 Å². The Balaban J connectivity index is 1.26. The third-order valence-corrected chi connectivity index (χ3v) is 9.19. The molecule has 0 N–H and O–H groups in total. The second-order valence-electron chi connectivity index (χ2n) is 11.1. The van der Waals surface area contributed by atoms with Gasteiger partial charge in [-0.05, 0) is 111 Å². The molecule has 1 aromatic carbocycles. The molecule has 0 saturated heterocycles. The topological polar surface area (TPSA) is 0 Å². The van der Waals surface area contributed by atoms with Crippen molar-refractivity contribution in [2.45, 2.75) is 109 Å². The number of hydrogen-bond acceptors (Lipinski definition) is 0. The molecule has 0 nitrogen and oxygen atoms in total. The number of halogens is 4. The molecule has 4 atom stereocenters. The Bertz CT molecular complexity index is 731. The molecular weight excluding hydrogens is 412 g/mol. The first-order chi connectivity index (χ1) is 15.3. The van der Waals surface area contributed by atoms with Gasteiger partial charge in [0.2, 0.25) is 0 Å². The van der Waals surface area contributed by atoms with Crippen LogP contribution < -0.4 is 0 Å². The Hall–Kier alpha value is -1.06. The van der Waals surface area contributed by atoms with Gasteiger partial charge >= 0.3 is 6.18 Å². The zero-order chi connectivity index (χ0) is 22.7. The second-order valence-corrected chi connectivity index (χ2v) is 11.1. The number of unbranched alkanes of at least 4 members (excludes halogenated alkanes) is 2. The van der Waals surface area contributed by atoms with Gasteiger partial charge in [-0.25, -0.2) is 4.39 Å². The smallest absolute Gasteiger partial charge is 0.206 e. The summed E-state index contributed by atoms with van der Waals surface area (Å²) in [6.45, 7) is 2.29. The van der Waals surface area contributed by atoms with Crippen LogP contribution in [-0.2, 0) is 6.18 Å². The molecule has 3 fully saturated rings. The SMILES string of the molecule is CCCCCC1CCC2CC(C3CCC(c4ccc(C(F)(F)F)c(F)c4)CC3)CCC2C1. The fourth-order valence-electron chi connectivity index (χ4n) is 7.34. The lowest BCUT2D eigenvalue weighted by Gasteiger charge is -2.45. The van der Waals surface area contributed by atoms with Gasteiger partial charge in [-0.1, -0.05) is 45.1 Å². The minimum absolute atomic E-state index is 0.206. The third-order valence-electron chi connectivity index (χ3n) is 9.19. The summed E-state index contributed by atoms with van der Waals surface area (Å²) in [4.78, 5) is 0. The van der Waals surface area contributed by atoms with Crippen molar-refractivity contribution in [3.63, 3.8) is 0 Å². The van der Waals surface area contributed by atoms with E-state index in [1.165, 1.54) is 70.3 Å². The Morgan fingerprint density at radius 3 is 2.06 bits per heavy atom. The molecule has 0 amide bonds. The fraction of sp³-hybridized carbons (Fsp3) is 0.786. The Morgan fingerprint density at radius 1 is 0.781 bits per heavy atom. The molecule has 0 heterocycles. The van der Waals surface area contributed by atoms with Crippen molar-refractivity contribution in [3.05, 3.63) is 35.1 Å². The summed E-state index contributed by atoms with van der Waals surface area (Å²) in [5.41, 5.74) is -0.397. The molecule has 1 aromatic rings. The minimum Gasteiger partial charge on any atom is -0.206 e. The van der Waals surface area contributed by atoms with Gasteiger partial charge in [0.05, 0.1) is 5.56 Å². The summed E-state index contributed by atoms with van der Waals surface area (Å²) in [6.07, 6.45) is 13.7. The lowest BCUT2D eigenvalue weighted by atomic mass is 9.60. The van der Waals surface area contributed by atoms with Crippen LogP contribution in [0.4, 0.5) is 17.6 Å².